The maximum absolute atomic E-state index is 12.5. The molecule has 2 fully saturated rings. The lowest BCUT2D eigenvalue weighted by Crippen LogP contribution is -2.49. The van der Waals surface area contributed by atoms with Gasteiger partial charge in [-0.1, -0.05) is 30.3 Å². The van der Waals surface area contributed by atoms with Crippen molar-refractivity contribution >= 4 is 6.03 Å². The van der Waals surface area contributed by atoms with Crippen LogP contribution < -0.4 is 5.32 Å². The fraction of sp³-hybridized carbons (Fsp3) is 0.632. The van der Waals surface area contributed by atoms with Gasteiger partial charge in [-0.25, -0.2) is 4.79 Å². The number of hydrogen-bond acceptors (Lipinski definition) is 3. The normalized spacial score (nSPS) is 23.2. The quantitative estimate of drug-likeness (QED) is 0.897. The SMILES string of the molecule is CC(CN1CCOCC1)NC(=O)N1CCC(Cc2ccccc2)C1. The molecule has 3 rings (SSSR count). The predicted molar refractivity (Wildman–Crippen MR) is 95.1 cm³/mol. The first-order chi connectivity index (χ1) is 11.7. The smallest absolute Gasteiger partial charge is 0.317 e. The summed E-state index contributed by atoms with van der Waals surface area (Å²) in [6, 6.07) is 10.8. The van der Waals surface area contributed by atoms with E-state index in [9.17, 15) is 4.79 Å². The van der Waals surface area contributed by atoms with E-state index in [1.807, 2.05) is 11.0 Å². The van der Waals surface area contributed by atoms with Gasteiger partial charge in [0.15, 0.2) is 0 Å². The summed E-state index contributed by atoms with van der Waals surface area (Å²) in [6.45, 7) is 8.24. The summed E-state index contributed by atoms with van der Waals surface area (Å²) < 4.78 is 5.37. The number of amides is 2. The first-order valence-electron chi connectivity index (χ1n) is 9.10. The van der Waals surface area contributed by atoms with Crippen molar-refractivity contribution in [2.45, 2.75) is 25.8 Å². The number of carbonyl (C=O) groups is 1. The van der Waals surface area contributed by atoms with Gasteiger partial charge < -0.3 is 15.0 Å². The molecule has 132 valence electrons. The van der Waals surface area contributed by atoms with Crippen LogP contribution in [0, 0.1) is 5.92 Å². The Labute approximate surface area is 145 Å². The van der Waals surface area contributed by atoms with Crippen LogP contribution in [0.25, 0.3) is 0 Å². The number of carbonyl (C=O) groups excluding carboxylic acids is 1. The standard InChI is InChI=1S/C19H29N3O2/c1-16(14-21-9-11-24-12-10-21)20-19(23)22-8-7-18(15-22)13-17-5-3-2-4-6-17/h2-6,16,18H,7-15H2,1H3,(H,20,23). The summed E-state index contributed by atoms with van der Waals surface area (Å²) in [7, 11) is 0. The summed E-state index contributed by atoms with van der Waals surface area (Å²) in [5.41, 5.74) is 1.37. The molecule has 2 unspecified atom stereocenters. The molecule has 0 bridgehead atoms. The maximum Gasteiger partial charge on any atom is 0.317 e. The first-order valence-corrected chi connectivity index (χ1v) is 9.10. The minimum absolute atomic E-state index is 0.0892. The number of nitrogens with one attached hydrogen (secondary N) is 1. The first kappa shape index (κ1) is 17.2. The Balaban J connectivity index is 1.40. The van der Waals surface area contributed by atoms with Gasteiger partial charge in [0.25, 0.3) is 0 Å². The predicted octanol–water partition coefficient (Wildman–Crippen LogP) is 1.98. The van der Waals surface area contributed by atoms with Gasteiger partial charge in [-0.05, 0) is 31.2 Å². The van der Waals surface area contributed by atoms with Crippen molar-refractivity contribution < 1.29 is 9.53 Å². The zero-order valence-electron chi connectivity index (χ0n) is 14.6. The number of ether oxygens (including phenoxy) is 1. The topological polar surface area (TPSA) is 44.8 Å². The van der Waals surface area contributed by atoms with E-state index >= 15 is 0 Å². The van der Waals surface area contributed by atoms with Gasteiger partial charge in [0.1, 0.15) is 0 Å². The molecular weight excluding hydrogens is 302 g/mol. The number of morpholine rings is 1. The second kappa shape index (κ2) is 8.49. The van der Waals surface area contributed by atoms with Crippen molar-refractivity contribution in [2.24, 2.45) is 5.92 Å². The van der Waals surface area contributed by atoms with Crippen LogP contribution in [0.3, 0.4) is 0 Å². The molecule has 5 nitrogen and oxygen atoms in total. The van der Waals surface area contributed by atoms with Gasteiger partial charge in [-0.3, -0.25) is 4.90 Å². The molecule has 2 saturated heterocycles. The molecule has 0 aliphatic carbocycles. The molecule has 1 aromatic rings. The molecule has 1 N–H and O–H groups in total. The van der Waals surface area contributed by atoms with E-state index in [0.29, 0.717) is 5.92 Å². The van der Waals surface area contributed by atoms with Crippen LogP contribution in [0.1, 0.15) is 18.9 Å². The highest BCUT2D eigenvalue weighted by Crippen LogP contribution is 2.20. The van der Waals surface area contributed by atoms with Gasteiger partial charge in [-0.15, -0.1) is 0 Å². The lowest BCUT2D eigenvalue weighted by atomic mass is 9.99. The molecule has 0 spiro atoms. The molecule has 5 heteroatoms. The van der Waals surface area contributed by atoms with Crippen LogP contribution in [0.5, 0.6) is 0 Å². The van der Waals surface area contributed by atoms with Crippen LogP contribution in [-0.2, 0) is 11.2 Å². The Bertz CT molecular complexity index is 517. The maximum atomic E-state index is 12.5. The summed E-state index contributed by atoms with van der Waals surface area (Å²) >= 11 is 0. The number of likely N-dealkylation sites (tertiary alicyclic amines) is 1. The summed E-state index contributed by atoms with van der Waals surface area (Å²) in [5.74, 6) is 0.577. The highest BCUT2D eigenvalue weighted by Gasteiger charge is 2.27. The van der Waals surface area contributed by atoms with Crippen LogP contribution in [-0.4, -0.2) is 67.8 Å². The van der Waals surface area contributed by atoms with Crippen molar-refractivity contribution in [1.82, 2.24) is 15.1 Å². The van der Waals surface area contributed by atoms with E-state index in [2.05, 4.69) is 41.4 Å². The average molecular weight is 331 g/mol. The van der Waals surface area contributed by atoms with E-state index < -0.39 is 0 Å². The Morgan fingerprint density at radius 1 is 1.25 bits per heavy atom. The van der Waals surface area contributed by atoms with Gasteiger partial charge in [0.05, 0.1) is 13.2 Å². The van der Waals surface area contributed by atoms with E-state index in [0.717, 1.165) is 58.8 Å². The minimum Gasteiger partial charge on any atom is -0.379 e. The molecule has 0 aromatic heterocycles. The summed E-state index contributed by atoms with van der Waals surface area (Å²) in [4.78, 5) is 16.8. The van der Waals surface area contributed by atoms with Gasteiger partial charge in [0.2, 0.25) is 0 Å². The fourth-order valence-corrected chi connectivity index (χ4v) is 3.65. The summed E-state index contributed by atoms with van der Waals surface area (Å²) in [6.07, 6.45) is 2.16. The van der Waals surface area contributed by atoms with E-state index in [-0.39, 0.29) is 12.1 Å². The molecule has 1 aromatic carbocycles. The van der Waals surface area contributed by atoms with Crippen molar-refractivity contribution in [1.29, 1.82) is 0 Å². The van der Waals surface area contributed by atoms with Crippen molar-refractivity contribution in [3.63, 3.8) is 0 Å². The van der Waals surface area contributed by atoms with Gasteiger partial charge in [-0.2, -0.15) is 0 Å². The van der Waals surface area contributed by atoms with Crippen LogP contribution in [0.15, 0.2) is 30.3 Å². The molecule has 0 radical (unpaired) electrons. The second-order valence-electron chi connectivity index (χ2n) is 7.05. The lowest BCUT2D eigenvalue weighted by molar-refractivity contribution is 0.0347. The third kappa shape index (κ3) is 4.95. The number of benzene rings is 1. The Kier molecular flexibility index (Phi) is 6.10. The largest absolute Gasteiger partial charge is 0.379 e. The molecule has 24 heavy (non-hydrogen) atoms. The molecular formula is C19H29N3O2. The molecule has 2 aliphatic heterocycles. The Hall–Kier alpha value is -1.59. The number of nitrogens with zero attached hydrogens (tertiary/aromatic N) is 2. The molecule has 0 saturated carbocycles. The number of urea groups is 1. The summed E-state index contributed by atoms with van der Waals surface area (Å²) in [5, 5.41) is 3.16. The monoisotopic (exact) mass is 331 g/mol. The van der Waals surface area contributed by atoms with Crippen molar-refractivity contribution in [3.05, 3.63) is 35.9 Å². The van der Waals surface area contributed by atoms with Crippen LogP contribution in [0.2, 0.25) is 0 Å². The molecule has 2 atom stereocenters. The van der Waals surface area contributed by atoms with E-state index in [4.69, 9.17) is 4.74 Å². The third-order valence-electron chi connectivity index (χ3n) is 4.95. The zero-order chi connectivity index (χ0) is 16.8. The average Bonchev–Trinajstić information content (AvgIpc) is 3.05. The minimum atomic E-state index is 0.0892. The highest BCUT2D eigenvalue weighted by molar-refractivity contribution is 5.74. The highest BCUT2D eigenvalue weighted by atomic mass is 16.5. The van der Waals surface area contributed by atoms with E-state index in [1.54, 1.807) is 0 Å². The Morgan fingerprint density at radius 3 is 2.75 bits per heavy atom. The second-order valence-corrected chi connectivity index (χ2v) is 7.05. The molecule has 2 amide bonds. The number of hydrogen-bond donors (Lipinski definition) is 1. The fourth-order valence-electron chi connectivity index (χ4n) is 3.65. The zero-order valence-corrected chi connectivity index (χ0v) is 14.6. The molecule has 2 heterocycles. The lowest BCUT2D eigenvalue weighted by Gasteiger charge is -2.30. The van der Waals surface area contributed by atoms with E-state index in [1.165, 1.54) is 5.56 Å². The third-order valence-corrected chi connectivity index (χ3v) is 4.95. The van der Waals surface area contributed by atoms with Crippen molar-refractivity contribution in [3.8, 4) is 0 Å². The number of rotatable bonds is 5. The van der Waals surface area contributed by atoms with Gasteiger partial charge >= 0.3 is 6.03 Å². The Morgan fingerprint density at radius 2 is 2.00 bits per heavy atom. The molecule has 2 aliphatic rings. The van der Waals surface area contributed by atoms with Gasteiger partial charge in [0, 0.05) is 38.8 Å². The van der Waals surface area contributed by atoms with Crippen molar-refractivity contribution in [2.75, 3.05) is 45.9 Å². The van der Waals surface area contributed by atoms with Crippen LogP contribution in [0.4, 0.5) is 4.79 Å². The van der Waals surface area contributed by atoms with Crippen LogP contribution >= 0.6 is 0 Å².